The van der Waals surface area contributed by atoms with Crippen molar-refractivity contribution in [3.05, 3.63) is 53.1 Å². The lowest BCUT2D eigenvalue weighted by atomic mass is 10.1. The first-order chi connectivity index (χ1) is 13.8. The van der Waals surface area contributed by atoms with Crippen molar-refractivity contribution >= 4 is 33.3 Å². The number of carbonyl (C=O) groups is 2. The molecule has 8 heteroatoms. The Morgan fingerprint density at radius 2 is 1.93 bits per heavy atom. The van der Waals surface area contributed by atoms with Gasteiger partial charge in [0.1, 0.15) is 0 Å². The van der Waals surface area contributed by atoms with E-state index in [9.17, 15) is 18.0 Å². The molecule has 0 aromatic heterocycles. The SMILES string of the molecule is COC(=O)c1cccc(NS(=O)(=O)c2ccc3c(c2)CCN3C(=O)C2CC2)c1C. The molecule has 152 valence electrons. The fourth-order valence-electron chi connectivity index (χ4n) is 3.61. The molecule has 2 aliphatic rings. The molecule has 1 heterocycles. The van der Waals surface area contributed by atoms with Crippen LogP contribution < -0.4 is 9.62 Å². The number of nitrogens with one attached hydrogen (secondary N) is 1. The topological polar surface area (TPSA) is 92.8 Å². The summed E-state index contributed by atoms with van der Waals surface area (Å²) in [4.78, 5) is 26.1. The highest BCUT2D eigenvalue weighted by molar-refractivity contribution is 7.92. The van der Waals surface area contributed by atoms with Crippen LogP contribution in [0, 0.1) is 12.8 Å². The number of carbonyl (C=O) groups excluding carboxylic acids is 2. The van der Waals surface area contributed by atoms with E-state index in [1.165, 1.54) is 13.2 Å². The smallest absolute Gasteiger partial charge is 0.338 e. The number of hydrogen-bond donors (Lipinski definition) is 1. The minimum atomic E-state index is -3.85. The van der Waals surface area contributed by atoms with E-state index >= 15 is 0 Å². The molecular formula is C21H22N2O5S. The zero-order valence-electron chi connectivity index (χ0n) is 16.3. The van der Waals surface area contributed by atoms with E-state index in [1.54, 1.807) is 42.2 Å². The second-order valence-corrected chi connectivity index (χ2v) is 9.06. The van der Waals surface area contributed by atoms with E-state index in [0.717, 1.165) is 24.1 Å². The second kappa shape index (κ2) is 7.18. The Labute approximate surface area is 169 Å². The fourth-order valence-corrected chi connectivity index (χ4v) is 4.78. The third-order valence-corrected chi connectivity index (χ3v) is 6.80. The quantitative estimate of drug-likeness (QED) is 0.760. The van der Waals surface area contributed by atoms with Crippen molar-refractivity contribution in [1.29, 1.82) is 0 Å². The van der Waals surface area contributed by atoms with E-state index in [4.69, 9.17) is 4.74 Å². The lowest BCUT2D eigenvalue weighted by Gasteiger charge is -2.17. The molecule has 1 saturated carbocycles. The number of amides is 1. The molecule has 0 radical (unpaired) electrons. The van der Waals surface area contributed by atoms with E-state index < -0.39 is 16.0 Å². The first-order valence-electron chi connectivity index (χ1n) is 9.47. The number of benzene rings is 2. The molecule has 1 amide bonds. The van der Waals surface area contributed by atoms with Gasteiger partial charge in [-0.15, -0.1) is 0 Å². The van der Waals surface area contributed by atoms with Crippen LogP contribution in [0.25, 0.3) is 0 Å². The van der Waals surface area contributed by atoms with Crippen LogP contribution in [0.4, 0.5) is 11.4 Å². The van der Waals surface area contributed by atoms with Crippen molar-refractivity contribution in [2.45, 2.75) is 31.1 Å². The van der Waals surface area contributed by atoms with Crippen LogP contribution in [0.1, 0.15) is 34.3 Å². The third-order valence-electron chi connectivity index (χ3n) is 5.43. The van der Waals surface area contributed by atoms with Crippen molar-refractivity contribution in [3.8, 4) is 0 Å². The van der Waals surface area contributed by atoms with Crippen LogP contribution >= 0.6 is 0 Å². The van der Waals surface area contributed by atoms with Gasteiger partial charge in [0, 0.05) is 18.2 Å². The van der Waals surface area contributed by atoms with Crippen LogP contribution in [0.3, 0.4) is 0 Å². The number of hydrogen-bond acceptors (Lipinski definition) is 5. The summed E-state index contributed by atoms with van der Waals surface area (Å²) in [7, 11) is -2.58. The summed E-state index contributed by atoms with van der Waals surface area (Å²) in [6, 6.07) is 9.62. The molecule has 0 atom stereocenters. The molecule has 0 spiro atoms. The molecule has 0 saturated heterocycles. The van der Waals surface area contributed by atoms with Gasteiger partial charge in [-0.3, -0.25) is 9.52 Å². The predicted molar refractivity (Wildman–Crippen MR) is 109 cm³/mol. The third kappa shape index (κ3) is 3.60. The maximum Gasteiger partial charge on any atom is 0.338 e. The minimum absolute atomic E-state index is 0.121. The number of fused-ring (bicyclic) bond motifs is 1. The van der Waals surface area contributed by atoms with E-state index in [1.807, 2.05) is 0 Å². The second-order valence-electron chi connectivity index (χ2n) is 7.38. The normalized spacial score (nSPS) is 15.7. The number of rotatable bonds is 5. The Balaban J connectivity index is 1.61. The van der Waals surface area contributed by atoms with Crippen LogP contribution in [0.2, 0.25) is 0 Å². The molecular weight excluding hydrogens is 392 g/mol. The summed E-state index contributed by atoms with van der Waals surface area (Å²) >= 11 is 0. The van der Waals surface area contributed by atoms with Gasteiger partial charge in [-0.1, -0.05) is 6.07 Å². The highest BCUT2D eigenvalue weighted by Crippen LogP contribution is 2.37. The molecule has 0 unspecified atom stereocenters. The average Bonchev–Trinajstić information content (AvgIpc) is 3.47. The molecule has 2 aromatic carbocycles. The molecule has 1 aliphatic carbocycles. The minimum Gasteiger partial charge on any atom is -0.465 e. The van der Waals surface area contributed by atoms with Crippen molar-refractivity contribution in [2.24, 2.45) is 5.92 Å². The van der Waals surface area contributed by atoms with Crippen LogP contribution in [0.15, 0.2) is 41.3 Å². The number of sulfonamides is 1. The number of methoxy groups -OCH3 is 1. The highest BCUT2D eigenvalue weighted by Gasteiger charge is 2.36. The lowest BCUT2D eigenvalue weighted by Crippen LogP contribution is -2.30. The van der Waals surface area contributed by atoms with Crippen molar-refractivity contribution in [1.82, 2.24) is 0 Å². The van der Waals surface area contributed by atoms with E-state index in [-0.39, 0.29) is 16.7 Å². The van der Waals surface area contributed by atoms with E-state index in [2.05, 4.69) is 4.72 Å². The Morgan fingerprint density at radius 1 is 1.17 bits per heavy atom. The lowest BCUT2D eigenvalue weighted by molar-refractivity contribution is -0.119. The summed E-state index contributed by atoms with van der Waals surface area (Å²) < 4.78 is 33.2. The Bertz CT molecular complexity index is 1110. The summed E-state index contributed by atoms with van der Waals surface area (Å²) in [6.45, 7) is 2.25. The predicted octanol–water partition coefficient (Wildman–Crippen LogP) is 2.88. The van der Waals surface area contributed by atoms with Gasteiger partial charge in [0.25, 0.3) is 10.0 Å². The molecule has 0 bridgehead atoms. The largest absolute Gasteiger partial charge is 0.465 e. The maximum absolute atomic E-state index is 12.9. The Morgan fingerprint density at radius 3 is 2.62 bits per heavy atom. The number of esters is 1. The first kappa shape index (κ1) is 19.4. The number of anilines is 2. The van der Waals surface area contributed by atoms with Gasteiger partial charge in [-0.05, 0) is 67.6 Å². The zero-order valence-corrected chi connectivity index (χ0v) is 17.1. The summed E-state index contributed by atoms with van der Waals surface area (Å²) in [5.41, 5.74) is 2.76. The highest BCUT2D eigenvalue weighted by atomic mass is 32.2. The number of nitrogens with zero attached hydrogens (tertiary/aromatic N) is 1. The van der Waals surface area contributed by atoms with Crippen LogP contribution in [-0.4, -0.2) is 33.9 Å². The van der Waals surface area contributed by atoms with Gasteiger partial charge in [-0.2, -0.15) is 0 Å². The molecule has 1 aliphatic heterocycles. The molecule has 7 nitrogen and oxygen atoms in total. The van der Waals surface area contributed by atoms with Gasteiger partial charge in [0.2, 0.25) is 5.91 Å². The van der Waals surface area contributed by atoms with Crippen LogP contribution in [0.5, 0.6) is 0 Å². The van der Waals surface area contributed by atoms with Crippen molar-refractivity contribution < 1.29 is 22.7 Å². The zero-order chi connectivity index (χ0) is 20.8. The summed E-state index contributed by atoms with van der Waals surface area (Å²) in [6.07, 6.45) is 2.50. The maximum atomic E-state index is 12.9. The molecule has 29 heavy (non-hydrogen) atoms. The van der Waals surface area contributed by atoms with Crippen molar-refractivity contribution in [2.75, 3.05) is 23.3 Å². The number of ether oxygens (including phenoxy) is 1. The van der Waals surface area contributed by atoms with Crippen LogP contribution in [-0.2, 0) is 26.0 Å². The standard InChI is InChI=1S/C21H22N2O5S/c1-13-17(21(25)28-2)4-3-5-18(13)22-29(26,27)16-8-9-19-15(12-16)10-11-23(19)20(24)14-6-7-14/h3-5,8-9,12,14,22H,6-7,10-11H2,1-2H3. The fraction of sp³-hybridized carbons (Fsp3) is 0.333. The van der Waals surface area contributed by atoms with Gasteiger partial charge < -0.3 is 9.64 Å². The van der Waals surface area contributed by atoms with Gasteiger partial charge in [-0.25, -0.2) is 13.2 Å². The average molecular weight is 414 g/mol. The van der Waals surface area contributed by atoms with Crippen molar-refractivity contribution in [3.63, 3.8) is 0 Å². The molecule has 1 N–H and O–H groups in total. The Kier molecular flexibility index (Phi) is 4.82. The monoisotopic (exact) mass is 414 g/mol. The molecule has 2 aromatic rings. The first-order valence-corrected chi connectivity index (χ1v) is 10.9. The van der Waals surface area contributed by atoms with Gasteiger partial charge in [0.15, 0.2) is 0 Å². The summed E-state index contributed by atoms with van der Waals surface area (Å²) in [5, 5.41) is 0. The van der Waals surface area contributed by atoms with Gasteiger partial charge in [0.05, 0.1) is 23.3 Å². The van der Waals surface area contributed by atoms with E-state index in [0.29, 0.717) is 29.8 Å². The summed E-state index contributed by atoms with van der Waals surface area (Å²) in [5.74, 6) is -0.273. The molecule has 4 rings (SSSR count). The molecule has 1 fully saturated rings. The van der Waals surface area contributed by atoms with Gasteiger partial charge >= 0.3 is 5.97 Å². The Hall–Kier alpha value is -2.87.